The Kier molecular flexibility index (Phi) is 4.73. The smallest absolute Gasteiger partial charge is 0.347 e. The summed E-state index contributed by atoms with van der Waals surface area (Å²) in [6.07, 6.45) is 3.59. The van der Waals surface area contributed by atoms with E-state index < -0.39 is 5.63 Å². The Morgan fingerprint density at radius 2 is 1.79 bits per heavy atom. The molecule has 7 heteroatoms. The number of hydrazine groups is 1. The van der Waals surface area contributed by atoms with E-state index in [9.17, 15) is 15.0 Å². The highest BCUT2D eigenvalue weighted by Crippen LogP contribution is 2.35. The van der Waals surface area contributed by atoms with Crippen LogP contribution in [0.5, 0.6) is 11.5 Å². The Balaban J connectivity index is 1.82. The number of benzene rings is 1. The third-order valence-corrected chi connectivity index (χ3v) is 3.93. The van der Waals surface area contributed by atoms with Gasteiger partial charge in [0.05, 0.1) is 0 Å². The Hall–Kier alpha value is -2.51. The van der Waals surface area contributed by atoms with E-state index in [0.29, 0.717) is 28.7 Å². The Morgan fingerprint density at radius 1 is 1.00 bits per heavy atom. The van der Waals surface area contributed by atoms with Gasteiger partial charge in [-0.2, -0.15) is 0 Å². The summed E-state index contributed by atoms with van der Waals surface area (Å²) in [5.41, 5.74) is 6.13. The summed E-state index contributed by atoms with van der Waals surface area (Å²) in [5, 5.41) is 19.9. The fourth-order valence-corrected chi connectivity index (χ4v) is 2.74. The molecule has 2 heterocycles. The van der Waals surface area contributed by atoms with Crippen molar-refractivity contribution in [3.8, 4) is 11.5 Å². The molecule has 128 valence electrons. The van der Waals surface area contributed by atoms with Crippen molar-refractivity contribution < 1.29 is 19.0 Å². The number of furan rings is 1. The van der Waals surface area contributed by atoms with Crippen LogP contribution in [-0.2, 0) is 6.42 Å². The van der Waals surface area contributed by atoms with Crippen LogP contribution < -0.4 is 16.5 Å². The standard InChI is InChI=1S/C17H20N2O5/c1-18-19-6-4-2-3-5-10-7-15-16(17(22)23-10)11-8-12(20)13(21)9-14(11)24-15/h7-9,18-21H,2-6H2,1H3. The Labute approximate surface area is 137 Å². The Bertz CT molecular complexity index is 913. The van der Waals surface area contributed by atoms with E-state index in [1.165, 1.54) is 12.1 Å². The molecule has 0 aliphatic rings. The summed E-state index contributed by atoms with van der Waals surface area (Å²) in [6.45, 7) is 0.885. The molecule has 0 unspecified atom stereocenters. The zero-order valence-electron chi connectivity index (χ0n) is 13.4. The molecule has 0 aliphatic heterocycles. The minimum Gasteiger partial charge on any atom is -0.504 e. The summed E-state index contributed by atoms with van der Waals surface area (Å²) in [7, 11) is 1.83. The lowest BCUT2D eigenvalue weighted by molar-refractivity contribution is 0.404. The monoisotopic (exact) mass is 332 g/mol. The van der Waals surface area contributed by atoms with E-state index in [1.807, 2.05) is 7.05 Å². The molecule has 0 saturated carbocycles. The normalized spacial score (nSPS) is 11.5. The molecule has 2 aromatic heterocycles. The van der Waals surface area contributed by atoms with E-state index in [2.05, 4.69) is 10.9 Å². The van der Waals surface area contributed by atoms with Crippen molar-refractivity contribution in [1.82, 2.24) is 10.9 Å². The first-order chi connectivity index (χ1) is 11.6. The highest BCUT2D eigenvalue weighted by Gasteiger charge is 2.16. The highest BCUT2D eigenvalue weighted by molar-refractivity contribution is 6.05. The fourth-order valence-electron chi connectivity index (χ4n) is 2.74. The summed E-state index contributed by atoms with van der Waals surface area (Å²) in [5.74, 6) is -0.0215. The number of unbranched alkanes of at least 4 members (excludes halogenated alkanes) is 2. The first-order valence-corrected chi connectivity index (χ1v) is 7.91. The minimum atomic E-state index is -0.497. The molecule has 24 heavy (non-hydrogen) atoms. The molecule has 0 amide bonds. The van der Waals surface area contributed by atoms with Gasteiger partial charge in [-0.25, -0.2) is 4.79 Å². The van der Waals surface area contributed by atoms with E-state index in [4.69, 9.17) is 8.83 Å². The molecule has 0 saturated heterocycles. The van der Waals surface area contributed by atoms with Crippen LogP contribution in [0.1, 0.15) is 25.0 Å². The summed E-state index contributed by atoms with van der Waals surface area (Å²) in [6, 6.07) is 4.30. The van der Waals surface area contributed by atoms with Gasteiger partial charge in [0.25, 0.3) is 0 Å². The number of nitrogens with one attached hydrogen (secondary N) is 2. The maximum Gasteiger partial charge on any atom is 0.347 e. The van der Waals surface area contributed by atoms with Crippen LogP contribution in [0.3, 0.4) is 0 Å². The lowest BCUT2D eigenvalue weighted by Gasteiger charge is -2.02. The number of aryl methyl sites for hydroxylation is 1. The van der Waals surface area contributed by atoms with Gasteiger partial charge < -0.3 is 19.0 Å². The number of phenols is 2. The zero-order chi connectivity index (χ0) is 17.1. The molecular weight excluding hydrogens is 312 g/mol. The van der Waals surface area contributed by atoms with Crippen LogP contribution >= 0.6 is 0 Å². The van der Waals surface area contributed by atoms with Crippen molar-refractivity contribution in [2.45, 2.75) is 25.7 Å². The average Bonchev–Trinajstić information content (AvgIpc) is 2.89. The molecule has 0 radical (unpaired) electrons. The molecule has 3 rings (SSSR count). The fraction of sp³-hybridized carbons (Fsp3) is 0.353. The molecule has 0 aliphatic carbocycles. The van der Waals surface area contributed by atoms with Crippen molar-refractivity contribution in [3.63, 3.8) is 0 Å². The average molecular weight is 332 g/mol. The van der Waals surface area contributed by atoms with Crippen LogP contribution in [0.4, 0.5) is 0 Å². The SMILES string of the molecule is CNNCCCCCc1cc2oc3cc(O)c(O)cc3c2c(=O)o1. The lowest BCUT2D eigenvalue weighted by atomic mass is 10.1. The second kappa shape index (κ2) is 6.94. The number of rotatable bonds is 7. The van der Waals surface area contributed by atoms with Crippen molar-refractivity contribution in [2.24, 2.45) is 0 Å². The molecule has 1 aromatic carbocycles. The Morgan fingerprint density at radius 3 is 2.58 bits per heavy atom. The van der Waals surface area contributed by atoms with Crippen LogP contribution in [0.2, 0.25) is 0 Å². The molecule has 0 spiro atoms. The van der Waals surface area contributed by atoms with E-state index in [-0.39, 0.29) is 16.9 Å². The van der Waals surface area contributed by atoms with Crippen molar-refractivity contribution in [3.05, 3.63) is 34.4 Å². The van der Waals surface area contributed by atoms with Crippen LogP contribution in [-0.4, -0.2) is 23.8 Å². The van der Waals surface area contributed by atoms with Gasteiger partial charge in [0.1, 0.15) is 22.3 Å². The third-order valence-electron chi connectivity index (χ3n) is 3.93. The number of fused-ring (bicyclic) bond motifs is 3. The van der Waals surface area contributed by atoms with Crippen LogP contribution in [0, 0.1) is 0 Å². The van der Waals surface area contributed by atoms with E-state index in [1.54, 1.807) is 6.07 Å². The number of aromatic hydroxyl groups is 2. The molecule has 0 fully saturated rings. The summed E-state index contributed by atoms with van der Waals surface area (Å²) >= 11 is 0. The van der Waals surface area contributed by atoms with Gasteiger partial charge >= 0.3 is 5.63 Å². The third kappa shape index (κ3) is 3.22. The summed E-state index contributed by atoms with van der Waals surface area (Å²) < 4.78 is 11.0. The minimum absolute atomic E-state index is 0.280. The molecule has 3 aromatic rings. The number of phenolic OH excluding ortho intramolecular Hbond substituents is 2. The van der Waals surface area contributed by atoms with Gasteiger partial charge in [-0.3, -0.25) is 10.9 Å². The van der Waals surface area contributed by atoms with Gasteiger partial charge in [0.15, 0.2) is 11.5 Å². The first kappa shape index (κ1) is 16.4. The maximum absolute atomic E-state index is 12.3. The summed E-state index contributed by atoms with van der Waals surface area (Å²) in [4.78, 5) is 12.3. The van der Waals surface area contributed by atoms with Crippen molar-refractivity contribution in [1.29, 1.82) is 0 Å². The number of hydrogen-bond donors (Lipinski definition) is 4. The van der Waals surface area contributed by atoms with Gasteiger partial charge in [-0.15, -0.1) is 0 Å². The highest BCUT2D eigenvalue weighted by atomic mass is 16.4. The van der Waals surface area contributed by atoms with Gasteiger partial charge in [0.2, 0.25) is 0 Å². The van der Waals surface area contributed by atoms with Gasteiger partial charge in [-0.05, 0) is 26.0 Å². The second-order valence-corrected chi connectivity index (χ2v) is 5.67. The zero-order valence-corrected chi connectivity index (χ0v) is 13.4. The molecule has 0 bridgehead atoms. The molecule has 0 atom stereocenters. The van der Waals surface area contributed by atoms with Crippen LogP contribution in [0.25, 0.3) is 21.9 Å². The maximum atomic E-state index is 12.3. The van der Waals surface area contributed by atoms with Crippen molar-refractivity contribution >= 4 is 21.9 Å². The molecule has 4 N–H and O–H groups in total. The predicted octanol–water partition coefficient (Wildman–Crippen LogP) is 2.39. The van der Waals surface area contributed by atoms with Gasteiger partial charge in [0, 0.05) is 30.5 Å². The lowest BCUT2D eigenvalue weighted by Crippen LogP contribution is -2.28. The second-order valence-electron chi connectivity index (χ2n) is 5.67. The number of hydrogen-bond acceptors (Lipinski definition) is 7. The molecule has 7 nitrogen and oxygen atoms in total. The quantitative estimate of drug-likeness (QED) is 0.299. The van der Waals surface area contributed by atoms with Crippen molar-refractivity contribution in [2.75, 3.05) is 13.6 Å². The topological polar surface area (TPSA) is 108 Å². The molecular formula is C17H20N2O5. The predicted molar refractivity (Wildman–Crippen MR) is 90.2 cm³/mol. The van der Waals surface area contributed by atoms with E-state index in [0.717, 1.165) is 25.8 Å². The van der Waals surface area contributed by atoms with E-state index >= 15 is 0 Å². The first-order valence-electron chi connectivity index (χ1n) is 7.91. The largest absolute Gasteiger partial charge is 0.504 e. The van der Waals surface area contributed by atoms with Crippen LogP contribution in [0.15, 0.2) is 31.8 Å². The van der Waals surface area contributed by atoms with Gasteiger partial charge in [-0.1, -0.05) is 6.42 Å².